The molecule has 1 heterocycles. The van der Waals surface area contributed by atoms with Gasteiger partial charge in [0.05, 0.1) is 29.9 Å². The number of hydrogen-bond donors (Lipinski definition) is 2. The van der Waals surface area contributed by atoms with E-state index in [1.54, 1.807) is 13.0 Å². The molecule has 2 aromatic rings. The third kappa shape index (κ3) is 7.74. The third-order valence-corrected chi connectivity index (χ3v) is 4.87. The minimum Gasteiger partial charge on any atom is -0.481 e. The summed E-state index contributed by atoms with van der Waals surface area (Å²) in [5.74, 6) is 0.366. The summed E-state index contributed by atoms with van der Waals surface area (Å²) in [6, 6.07) is 7.61. The topological polar surface area (TPSA) is 95.7 Å². The number of benzene rings is 1. The van der Waals surface area contributed by atoms with E-state index < -0.39 is 5.97 Å². The van der Waals surface area contributed by atoms with Crippen molar-refractivity contribution in [3.05, 3.63) is 41.3 Å². The van der Waals surface area contributed by atoms with Crippen LogP contribution in [0.4, 0.5) is 11.4 Å². The molecule has 0 unspecified atom stereocenters. The van der Waals surface area contributed by atoms with Crippen molar-refractivity contribution in [1.29, 1.82) is 0 Å². The molecule has 0 bridgehead atoms. The van der Waals surface area contributed by atoms with Crippen molar-refractivity contribution in [2.24, 2.45) is 11.8 Å². The van der Waals surface area contributed by atoms with Crippen molar-refractivity contribution in [1.82, 2.24) is 5.16 Å². The molecule has 1 atom stereocenters. The number of amides is 1. The van der Waals surface area contributed by atoms with Gasteiger partial charge in [-0.25, -0.2) is 0 Å². The molecule has 7 heteroatoms. The zero-order valence-electron chi connectivity index (χ0n) is 19.4. The van der Waals surface area contributed by atoms with Crippen LogP contribution in [-0.2, 0) is 16.0 Å². The Hall–Kier alpha value is -2.83. The monoisotopic (exact) mass is 429 g/mol. The van der Waals surface area contributed by atoms with E-state index in [0.717, 1.165) is 24.3 Å². The van der Waals surface area contributed by atoms with E-state index in [-0.39, 0.29) is 24.7 Å². The lowest BCUT2D eigenvalue weighted by Crippen LogP contribution is -2.32. The van der Waals surface area contributed by atoms with E-state index in [2.05, 4.69) is 43.1 Å². The molecule has 2 rings (SSSR count). The predicted molar refractivity (Wildman–Crippen MR) is 123 cm³/mol. The fraction of sp³-hybridized carbons (Fsp3) is 0.542. The Labute approximate surface area is 184 Å². The van der Waals surface area contributed by atoms with Gasteiger partial charge in [0.1, 0.15) is 5.76 Å². The van der Waals surface area contributed by atoms with E-state index in [0.29, 0.717) is 29.0 Å². The number of carboxylic acid groups (broad SMARTS) is 1. The molecule has 0 spiro atoms. The molecule has 170 valence electrons. The summed E-state index contributed by atoms with van der Waals surface area (Å²) in [5, 5.41) is 16.1. The molecule has 7 nitrogen and oxygen atoms in total. The smallest absolute Gasteiger partial charge is 0.303 e. The normalized spacial score (nSPS) is 12.3. The molecule has 0 saturated carbocycles. The van der Waals surface area contributed by atoms with Crippen molar-refractivity contribution < 1.29 is 19.2 Å². The van der Waals surface area contributed by atoms with Crippen LogP contribution in [0.5, 0.6) is 0 Å². The maximum Gasteiger partial charge on any atom is 0.303 e. The molecule has 1 aromatic carbocycles. The number of nitrogens with one attached hydrogen (secondary N) is 1. The van der Waals surface area contributed by atoms with Crippen LogP contribution in [0.15, 0.2) is 28.8 Å². The maximum atomic E-state index is 12.8. The first-order valence-electron chi connectivity index (χ1n) is 10.9. The summed E-state index contributed by atoms with van der Waals surface area (Å²) in [6.45, 7) is 14.1. The lowest BCUT2D eigenvalue weighted by molar-refractivity contribution is -0.137. The number of anilines is 2. The Morgan fingerprint density at radius 3 is 2.26 bits per heavy atom. The van der Waals surface area contributed by atoms with Crippen molar-refractivity contribution in [3.63, 3.8) is 0 Å². The number of aromatic nitrogens is 1. The van der Waals surface area contributed by atoms with Crippen LogP contribution in [0.3, 0.4) is 0 Å². The third-order valence-electron chi connectivity index (χ3n) is 4.87. The van der Waals surface area contributed by atoms with Gasteiger partial charge in [-0.1, -0.05) is 45.8 Å². The fourth-order valence-electron chi connectivity index (χ4n) is 3.63. The first-order valence-corrected chi connectivity index (χ1v) is 10.9. The summed E-state index contributed by atoms with van der Waals surface area (Å²) >= 11 is 0. The maximum absolute atomic E-state index is 12.8. The molecule has 0 saturated heterocycles. The van der Waals surface area contributed by atoms with Gasteiger partial charge >= 0.3 is 5.97 Å². The Bertz CT molecular complexity index is 879. The highest BCUT2D eigenvalue weighted by molar-refractivity contribution is 5.95. The number of carbonyl (C=O) groups excluding carboxylic acids is 1. The molecule has 0 radical (unpaired) electrons. The molecule has 31 heavy (non-hydrogen) atoms. The number of aryl methyl sites for hydroxylation is 1. The minimum atomic E-state index is -0.843. The van der Waals surface area contributed by atoms with Gasteiger partial charge in [0.25, 0.3) is 0 Å². The molecule has 0 aliphatic rings. The molecule has 2 N–H and O–H groups in total. The highest BCUT2D eigenvalue weighted by Gasteiger charge is 2.19. The number of aliphatic carboxylic acids is 1. The standard InChI is InChI=1S/C24H35N3O4/c1-15(2)13-27(14-16(3)4)22-8-7-19(17(5)9-24(29)30)11-21(22)25-23(28)12-20-10-18(6)31-26-20/h7-8,10-11,15-17H,9,12-14H2,1-6H3,(H,25,28)(H,29,30)/t17-/m0/s1. The molecule has 1 amide bonds. The number of carboxylic acids is 1. The van der Waals surface area contributed by atoms with Crippen LogP contribution in [0, 0.1) is 18.8 Å². The lowest BCUT2D eigenvalue weighted by atomic mass is 9.96. The van der Waals surface area contributed by atoms with Crippen LogP contribution >= 0.6 is 0 Å². The average molecular weight is 430 g/mol. The second-order valence-electron chi connectivity index (χ2n) is 9.12. The molecule has 0 aliphatic carbocycles. The second-order valence-corrected chi connectivity index (χ2v) is 9.12. The Morgan fingerprint density at radius 2 is 1.74 bits per heavy atom. The second kappa shape index (κ2) is 11.0. The largest absolute Gasteiger partial charge is 0.481 e. The SMILES string of the molecule is Cc1cc(CC(=O)Nc2cc([C@@H](C)CC(=O)O)ccc2N(CC(C)C)CC(C)C)no1. The number of carbonyl (C=O) groups is 2. The molecular formula is C24H35N3O4. The zero-order chi connectivity index (χ0) is 23.1. The average Bonchev–Trinajstić information content (AvgIpc) is 3.04. The van der Waals surface area contributed by atoms with Gasteiger partial charge in [-0.3, -0.25) is 9.59 Å². The van der Waals surface area contributed by atoms with Gasteiger partial charge in [0.2, 0.25) is 5.91 Å². The lowest BCUT2D eigenvalue weighted by Gasteiger charge is -2.31. The van der Waals surface area contributed by atoms with E-state index in [1.165, 1.54) is 0 Å². The highest BCUT2D eigenvalue weighted by Crippen LogP contribution is 2.32. The van der Waals surface area contributed by atoms with Gasteiger partial charge < -0.3 is 19.8 Å². The zero-order valence-corrected chi connectivity index (χ0v) is 19.4. The van der Waals surface area contributed by atoms with Crippen LogP contribution in [0.2, 0.25) is 0 Å². The van der Waals surface area contributed by atoms with E-state index in [4.69, 9.17) is 4.52 Å². The van der Waals surface area contributed by atoms with Crippen LogP contribution in [0.25, 0.3) is 0 Å². The fourth-order valence-corrected chi connectivity index (χ4v) is 3.63. The summed E-state index contributed by atoms with van der Waals surface area (Å²) < 4.78 is 5.06. The quantitative estimate of drug-likeness (QED) is 0.529. The molecular weight excluding hydrogens is 394 g/mol. The predicted octanol–water partition coefficient (Wildman–Crippen LogP) is 4.86. The van der Waals surface area contributed by atoms with Crippen LogP contribution in [-0.4, -0.2) is 35.2 Å². The van der Waals surface area contributed by atoms with E-state index >= 15 is 0 Å². The van der Waals surface area contributed by atoms with Gasteiger partial charge in [-0.05, 0) is 42.4 Å². The number of rotatable bonds is 11. The first-order chi connectivity index (χ1) is 14.5. The van der Waals surface area contributed by atoms with Crippen molar-refractivity contribution in [2.45, 2.75) is 60.3 Å². The summed E-state index contributed by atoms with van der Waals surface area (Å²) in [5.41, 5.74) is 3.10. The highest BCUT2D eigenvalue weighted by atomic mass is 16.5. The first kappa shape index (κ1) is 24.4. The van der Waals surface area contributed by atoms with Crippen LogP contribution < -0.4 is 10.2 Å². The van der Waals surface area contributed by atoms with Crippen molar-refractivity contribution in [3.8, 4) is 0 Å². The van der Waals surface area contributed by atoms with Gasteiger partial charge in [0.15, 0.2) is 0 Å². The van der Waals surface area contributed by atoms with Gasteiger partial charge in [0, 0.05) is 19.2 Å². The van der Waals surface area contributed by atoms with E-state index in [9.17, 15) is 14.7 Å². The molecule has 0 aliphatic heterocycles. The number of nitrogens with zero attached hydrogens (tertiary/aromatic N) is 2. The molecule has 1 aromatic heterocycles. The Morgan fingerprint density at radius 1 is 1.10 bits per heavy atom. The Kier molecular flexibility index (Phi) is 8.65. The van der Waals surface area contributed by atoms with Crippen molar-refractivity contribution >= 4 is 23.3 Å². The van der Waals surface area contributed by atoms with Gasteiger partial charge in [-0.15, -0.1) is 0 Å². The van der Waals surface area contributed by atoms with Gasteiger partial charge in [-0.2, -0.15) is 0 Å². The summed E-state index contributed by atoms with van der Waals surface area (Å²) in [6.07, 6.45) is 0.146. The van der Waals surface area contributed by atoms with Crippen molar-refractivity contribution in [2.75, 3.05) is 23.3 Å². The van der Waals surface area contributed by atoms with Crippen LogP contribution in [0.1, 0.15) is 64.0 Å². The number of hydrogen-bond acceptors (Lipinski definition) is 5. The minimum absolute atomic E-state index is 0.0344. The molecule has 0 fully saturated rings. The Balaban J connectivity index is 2.37. The van der Waals surface area contributed by atoms with E-state index in [1.807, 2.05) is 25.1 Å². The summed E-state index contributed by atoms with van der Waals surface area (Å²) in [7, 11) is 0. The summed E-state index contributed by atoms with van der Waals surface area (Å²) in [4.78, 5) is 26.2.